The van der Waals surface area contributed by atoms with Crippen LogP contribution in [-0.4, -0.2) is 22.5 Å². The maximum absolute atomic E-state index is 12.2. The van der Waals surface area contributed by atoms with Crippen LogP contribution in [0.3, 0.4) is 0 Å². The topological polar surface area (TPSA) is 101 Å². The molecule has 4 N–H and O–H groups in total. The molecule has 1 fully saturated rings. The maximum atomic E-state index is 12.2. The van der Waals surface area contributed by atoms with Crippen LogP contribution in [0.5, 0.6) is 0 Å². The predicted molar refractivity (Wildman–Crippen MR) is 78.9 cm³/mol. The van der Waals surface area contributed by atoms with Crippen molar-refractivity contribution in [2.45, 2.75) is 51.0 Å². The van der Waals surface area contributed by atoms with Crippen molar-refractivity contribution in [3.8, 4) is 0 Å². The number of amidine groups is 1. The van der Waals surface area contributed by atoms with E-state index in [0.717, 1.165) is 18.6 Å². The van der Waals surface area contributed by atoms with Crippen LogP contribution < -0.4 is 11.1 Å². The molecule has 0 unspecified atom stereocenters. The van der Waals surface area contributed by atoms with Crippen LogP contribution in [0.1, 0.15) is 44.8 Å². The monoisotopic (exact) mass is 293 g/mol. The highest BCUT2D eigenvalue weighted by molar-refractivity contribution is 5.94. The molecule has 1 aliphatic carbocycles. The molecule has 6 nitrogen and oxygen atoms in total. The molecule has 2 rings (SSSR count). The van der Waals surface area contributed by atoms with Gasteiger partial charge in [-0.15, -0.1) is 0 Å². The molecular weight excluding hydrogens is 270 g/mol. The zero-order valence-corrected chi connectivity index (χ0v) is 12.3. The number of nitrogens with two attached hydrogens (primary N) is 1. The summed E-state index contributed by atoms with van der Waals surface area (Å²) in [4.78, 5) is 12.2. The minimum atomic E-state index is -0.707. The Morgan fingerprint density at radius 3 is 2.86 bits per heavy atom. The molecule has 1 amide bonds. The second-order valence-electron chi connectivity index (χ2n) is 5.88. The summed E-state index contributed by atoms with van der Waals surface area (Å²) in [5.41, 5.74) is 5.13. The first-order valence-corrected chi connectivity index (χ1v) is 7.37. The van der Waals surface area contributed by atoms with E-state index in [0.29, 0.717) is 31.6 Å². The number of nitrogens with one attached hydrogen (secondary N) is 1. The van der Waals surface area contributed by atoms with Crippen molar-refractivity contribution in [1.82, 2.24) is 5.32 Å². The first-order chi connectivity index (χ1) is 10.1. The number of aryl methyl sites for hydroxylation is 1. The largest absolute Gasteiger partial charge is 0.469 e. The Labute approximate surface area is 124 Å². The zero-order valence-electron chi connectivity index (χ0n) is 12.3. The van der Waals surface area contributed by atoms with E-state index in [-0.39, 0.29) is 11.7 Å². The number of carbonyl (C=O) groups excluding carboxylic acids is 1. The summed E-state index contributed by atoms with van der Waals surface area (Å²) in [6.45, 7) is 2.18. The third kappa shape index (κ3) is 3.77. The van der Waals surface area contributed by atoms with E-state index < -0.39 is 5.54 Å². The Balaban J connectivity index is 1.96. The smallest absolute Gasteiger partial charge is 0.221 e. The van der Waals surface area contributed by atoms with Gasteiger partial charge in [-0.05, 0) is 43.7 Å². The Bertz CT molecular complexity index is 488. The lowest BCUT2D eigenvalue weighted by Crippen LogP contribution is -2.59. The lowest BCUT2D eigenvalue weighted by atomic mass is 9.76. The van der Waals surface area contributed by atoms with Gasteiger partial charge in [-0.2, -0.15) is 0 Å². The molecule has 116 valence electrons. The highest BCUT2D eigenvalue weighted by Crippen LogP contribution is 2.32. The molecule has 0 saturated heterocycles. The standard InChI is InChI=1S/C15H23N3O3/c1-11-6-8-15(9-7-11,14(16)18-20)17-13(19)5-4-12-3-2-10-21-12/h2-3,10-11,20H,4-9H2,1H3,(H2,16,18)(H,17,19). The first-order valence-electron chi connectivity index (χ1n) is 7.37. The van der Waals surface area contributed by atoms with Crippen molar-refractivity contribution >= 4 is 11.7 Å². The van der Waals surface area contributed by atoms with Crippen molar-refractivity contribution in [3.05, 3.63) is 24.2 Å². The number of hydrogen-bond acceptors (Lipinski definition) is 4. The molecule has 0 spiro atoms. The summed E-state index contributed by atoms with van der Waals surface area (Å²) in [7, 11) is 0. The molecule has 0 aliphatic heterocycles. The molecule has 0 radical (unpaired) electrons. The summed E-state index contributed by atoms with van der Waals surface area (Å²) < 4.78 is 5.21. The quantitative estimate of drug-likeness (QED) is 0.334. The maximum Gasteiger partial charge on any atom is 0.221 e. The van der Waals surface area contributed by atoms with Crippen LogP contribution in [0.2, 0.25) is 0 Å². The number of amides is 1. The van der Waals surface area contributed by atoms with Crippen LogP contribution in [0.4, 0.5) is 0 Å². The van der Waals surface area contributed by atoms with Crippen molar-refractivity contribution in [1.29, 1.82) is 0 Å². The normalized spacial score (nSPS) is 26.5. The van der Waals surface area contributed by atoms with Gasteiger partial charge >= 0.3 is 0 Å². The molecule has 6 heteroatoms. The minimum absolute atomic E-state index is 0.0979. The summed E-state index contributed by atoms with van der Waals surface area (Å²) in [5.74, 6) is 1.37. The van der Waals surface area contributed by atoms with Gasteiger partial charge in [-0.3, -0.25) is 4.79 Å². The summed E-state index contributed by atoms with van der Waals surface area (Å²) >= 11 is 0. The van der Waals surface area contributed by atoms with E-state index in [4.69, 9.17) is 15.4 Å². The Morgan fingerprint density at radius 1 is 1.57 bits per heavy atom. The van der Waals surface area contributed by atoms with Gasteiger partial charge < -0.3 is 20.7 Å². The molecule has 0 bridgehead atoms. The fourth-order valence-electron chi connectivity index (χ4n) is 2.82. The van der Waals surface area contributed by atoms with Crippen LogP contribution in [0.15, 0.2) is 28.0 Å². The molecule has 0 aromatic carbocycles. The predicted octanol–water partition coefficient (Wildman–Crippen LogP) is 2.02. The van der Waals surface area contributed by atoms with Crippen LogP contribution >= 0.6 is 0 Å². The summed E-state index contributed by atoms with van der Waals surface area (Å²) in [5, 5.41) is 15.1. The van der Waals surface area contributed by atoms with Gasteiger partial charge in [0.25, 0.3) is 0 Å². The number of nitrogens with zero attached hydrogens (tertiary/aromatic N) is 1. The van der Waals surface area contributed by atoms with Crippen molar-refractivity contribution in [2.24, 2.45) is 16.8 Å². The molecule has 1 heterocycles. The highest BCUT2D eigenvalue weighted by atomic mass is 16.4. The van der Waals surface area contributed by atoms with E-state index in [1.165, 1.54) is 0 Å². The average molecular weight is 293 g/mol. The highest BCUT2D eigenvalue weighted by Gasteiger charge is 2.39. The minimum Gasteiger partial charge on any atom is -0.469 e. The van der Waals surface area contributed by atoms with Crippen molar-refractivity contribution < 1.29 is 14.4 Å². The second kappa shape index (κ2) is 6.65. The van der Waals surface area contributed by atoms with E-state index in [2.05, 4.69) is 17.4 Å². The van der Waals surface area contributed by atoms with E-state index >= 15 is 0 Å². The van der Waals surface area contributed by atoms with Gasteiger partial charge in [0.15, 0.2) is 5.84 Å². The fraction of sp³-hybridized carbons (Fsp3) is 0.600. The lowest BCUT2D eigenvalue weighted by molar-refractivity contribution is -0.122. The summed E-state index contributed by atoms with van der Waals surface area (Å²) in [6.07, 6.45) is 5.77. The van der Waals surface area contributed by atoms with Gasteiger partial charge in [-0.25, -0.2) is 0 Å². The number of hydrogen-bond donors (Lipinski definition) is 3. The summed E-state index contributed by atoms with van der Waals surface area (Å²) in [6, 6.07) is 3.64. The number of furan rings is 1. The van der Waals surface area contributed by atoms with Gasteiger partial charge in [0.2, 0.25) is 5.91 Å². The van der Waals surface area contributed by atoms with Crippen LogP contribution in [-0.2, 0) is 11.2 Å². The Kier molecular flexibility index (Phi) is 4.88. The molecule has 1 aromatic rings. The second-order valence-corrected chi connectivity index (χ2v) is 5.88. The van der Waals surface area contributed by atoms with Gasteiger partial charge in [-0.1, -0.05) is 12.1 Å². The number of oxime groups is 1. The lowest BCUT2D eigenvalue weighted by Gasteiger charge is -2.39. The first kappa shape index (κ1) is 15.4. The average Bonchev–Trinajstić information content (AvgIpc) is 3.00. The SMILES string of the molecule is CC1CCC(NC(=O)CCc2ccco2)(/C(N)=N/O)CC1. The molecule has 1 aromatic heterocycles. The number of rotatable bonds is 5. The zero-order chi connectivity index (χ0) is 15.3. The molecule has 21 heavy (non-hydrogen) atoms. The van der Waals surface area contributed by atoms with E-state index in [1.807, 2.05) is 6.07 Å². The number of carbonyl (C=O) groups is 1. The Morgan fingerprint density at radius 2 is 2.29 bits per heavy atom. The third-order valence-corrected chi connectivity index (χ3v) is 4.28. The third-order valence-electron chi connectivity index (χ3n) is 4.28. The molecular formula is C15H23N3O3. The van der Waals surface area contributed by atoms with Gasteiger partial charge in [0.05, 0.1) is 6.26 Å². The van der Waals surface area contributed by atoms with Crippen molar-refractivity contribution in [2.75, 3.05) is 0 Å². The molecule has 0 atom stereocenters. The van der Waals surface area contributed by atoms with Gasteiger partial charge in [0.1, 0.15) is 11.3 Å². The molecule has 1 saturated carbocycles. The fourth-order valence-corrected chi connectivity index (χ4v) is 2.82. The van der Waals surface area contributed by atoms with Crippen LogP contribution in [0.25, 0.3) is 0 Å². The van der Waals surface area contributed by atoms with Gasteiger partial charge in [0, 0.05) is 12.8 Å². The Hall–Kier alpha value is -1.98. The molecule has 1 aliphatic rings. The van der Waals surface area contributed by atoms with Crippen molar-refractivity contribution in [3.63, 3.8) is 0 Å². The van der Waals surface area contributed by atoms with E-state index in [1.54, 1.807) is 12.3 Å². The van der Waals surface area contributed by atoms with E-state index in [9.17, 15) is 4.79 Å². The van der Waals surface area contributed by atoms with Crippen LogP contribution in [0, 0.1) is 5.92 Å².